The summed E-state index contributed by atoms with van der Waals surface area (Å²) < 4.78 is 51.1. The highest BCUT2D eigenvalue weighted by atomic mass is 19.4. The lowest BCUT2D eigenvalue weighted by atomic mass is 10.1. The number of alkyl halides is 3. The molecule has 4 rings (SSSR count). The van der Waals surface area contributed by atoms with Gasteiger partial charge in [0.2, 0.25) is 0 Å². The molecule has 0 spiro atoms. The van der Waals surface area contributed by atoms with E-state index in [-0.39, 0.29) is 18.0 Å². The normalized spacial score (nSPS) is 11.8. The highest BCUT2D eigenvalue weighted by Gasteiger charge is 2.30. The number of rotatable bonds is 3. The molecule has 0 aliphatic heterocycles. The van der Waals surface area contributed by atoms with Crippen LogP contribution in [0, 0.1) is 6.92 Å². The molecule has 1 N–H and O–H groups in total. The number of hydrogen-bond acceptors (Lipinski definition) is 4. The molecule has 0 aliphatic rings. The van der Waals surface area contributed by atoms with Crippen molar-refractivity contribution < 1.29 is 32.5 Å². The average molecular weight is 429 g/mol. The molecule has 4 aromatic rings. The van der Waals surface area contributed by atoms with Crippen LogP contribution < -0.4 is 4.74 Å². The number of aromatic hydroxyl groups is 1. The summed E-state index contributed by atoms with van der Waals surface area (Å²) in [5.41, 5.74) is 1.67. The monoisotopic (exact) mass is 429 g/mol. The van der Waals surface area contributed by atoms with E-state index in [1.165, 1.54) is 13.2 Å². The number of nitrogens with zero attached hydrogens (tertiary/aromatic N) is 1. The van der Waals surface area contributed by atoms with Crippen molar-refractivity contribution in [2.45, 2.75) is 19.6 Å². The molecule has 3 aromatic carbocycles. The van der Waals surface area contributed by atoms with Gasteiger partial charge < -0.3 is 19.1 Å². The Bertz CT molecular complexity index is 1310. The second kappa shape index (κ2) is 7.54. The Morgan fingerprint density at radius 3 is 2.48 bits per heavy atom. The van der Waals surface area contributed by atoms with Crippen molar-refractivity contribution in [2.75, 3.05) is 7.11 Å². The largest absolute Gasteiger partial charge is 0.513 e. The van der Waals surface area contributed by atoms with Gasteiger partial charge in [0.1, 0.15) is 11.5 Å². The van der Waals surface area contributed by atoms with Crippen molar-refractivity contribution in [1.82, 2.24) is 4.57 Å². The van der Waals surface area contributed by atoms with E-state index in [0.29, 0.717) is 27.4 Å². The number of hydrogen-bond donors (Lipinski definition) is 1. The van der Waals surface area contributed by atoms with Crippen LogP contribution in [0.2, 0.25) is 0 Å². The summed E-state index contributed by atoms with van der Waals surface area (Å²) in [5, 5.41) is 11.6. The summed E-state index contributed by atoms with van der Waals surface area (Å²) in [6.07, 6.45) is -5.37. The molecule has 0 amide bonds. The Hall–Kier alpha value is -3.68. The molecule has 0 radical (unpaired) electrons. The van der Waals surface area contributed by atoms with E-state index in [0.717, 1.165) is 17.7 Å². The SMILES string of the molecule is COC(=O)Oc1cccc2c1c1c(O)cc(C)cc1n2Cc1cccc(C(F)(F)F)c1. The van der Waals surface area contributed by atoms with Gasteiger partial charge >= 0.3 is 12.3 Å². The van der Waals surface area contributed by atoms with Crippen LogP contribution in [-0.2, 0) is 17.5 Å². The number of phenols is 1. The minimum Gasteiger partial charge on any atom is -0.507 e. The number of phenolic OH excluding ortho intramolecular Hbond substituents is 1. The molecule has 0 unspecified atom stereocenters. The summed E-state index contributed by atoms with van der Waals surface area (Å²) in [6.45, 7) is 1.92. The Morgan fingerprint density at radius 1 is 1.03 bits per heavy atom. The van der Waals surface area contributed by atoms with Crippen LogP contribution in [0.5, 0.6) is 11.5 Å². The van der Waals surface area contributed by atoms with Gasteiger partial charge in [-0.1, -0.05) is 18.2 Å². The van der Waals surface area contributed by atoms with Crippen LogP contribution in [0.1, 0.15) is 16.7 Å². The number of methoxy groups -OCH3 is 1. The van der Waals surface area contributed by atoms with Gasteiger partial charge in [0.25, 0.3) is 0 Å². The van der Waals surface area contributed by atoms with E-state index in [1.807, 2.05) is 6.07 Å². The lowest BCUT2D eigenvalue weighted by molar-refractivity contribution is -0.137. The number of aromatic nitrogens is 1. The van der Waals surface area contributed by atoms with Crippen LogP contribution in [-0.4, -0.2) is 22.9 Å². The van der Waals surface area contributed by atoms with E-state index >= 15 is 0 Å². The quantitative estimate of drug-likeness (QED) is 0.320. The molecule has 160 valence electrons. The topological polar surface area (TPSA) is 60.7 Å². The lowest BCUT2D eigenvalue weighted by Crippen LogP contribution is -2.08. The molecule has 0 fully saturated rings. The van der Waals surface area contributed by atoms with Gasteiger partial charge in [-0.15, -0.1) is 0 Å². The van der Waals surface area contributed by atoms with Crippen LogP contribution in [0.15, 0.2) is 54.6 Å². The standard InChI is InChI=1S/C23H18F3NO4/c1-13-9-17-20(18(28)10-13)21-16(7-4-8-19(21)31-22(29)30-2)27(17)12-14-5-3-6-15(11-14)23(24,25)26/h3-11,28H,12H2,1-2H3. The third-order valence-electron chi connectivity index (χ3n) is 5.03. The lowest BCUT2D eigenvalue weighted by Gasteiger charge is -2.12. The van der Waals surface area contributed by atoms with Crippen molar-refractivity contribution in [1.29, 1.82) is 0 Å². The van der Waals surface area contributed by atoms with Gasteiger partial charge in [0, 0.05) is 6.54 Å². The molecular formula is C23H18F3NO4. The van der Waals surface area contributed by atoms with E-state index in [2.05, 4.69) is 4.74 Å². The first-order chi connectivity index (χ1) is 14.7. The van der Waals surface area contributed by atoms with E-state index in [9.17, 15) is 23.1 Å². The van der Waals surface area contributed by atoms with Gasteiger partial charge in [-0.3, -0.25) is 0 Å². The maximum absolute atomic E-state index is 13.2. The maximum atomic E-state index is 13.2. The fourth-order valence-electron chi connectivity index (χ4n) is 3.76. The van der Waals surface area contributed by atoms with E-state index in [4.69, 9.17) is 4.74 Å². The van der Waals surface area contributed by atoms with Gasteiger partial charge in [0.15, 0.2) is 0 Å². The van der Waals surface area contributed by atoms with Gasteiger partial charge in [-0.25, -0.2) is 4.79 Å². The Morgan fingerprint density at radius 2 is 1.77 bits per heavy atom. The van der Waals surface area contributed by atoms with Gasteiger partial charge in [-0.05, 0) is 54.4 Å². The first kappa shape index (κ1) is 20.6. The van der Waals surface area contributed by atoms with E-state index in [1.54, 1.807) is 41.8 Å². The van der Waals surface area contributed by atoms with Crippen molar-refractivity contribution in [3.63, 3.8) is 0 Å². The zero-order valence-corrected chi connectivity index (χ0v) is 16.7. The molecule has 0 bridgehead atoms. The van der Waals surface area contributed by atoms with Crippen LogP contribution in [0.25, 0.3) is 21.8 Å². The smallest absolute Gasteiger partial charge is 0.507 e. The first-order valence-electron chi connectivity index (χ1n) is 9.35. The predicted octanol–water partition coefficient (Wildman–Crippen LogP) is 6.02. The third-order valence-corrected chi connectivity index (χ3v) is 5.03. The van der Waals surface area contributed by atoms with Gasteiger partial charge in [-0.2, -0.15) is 13.2 Å². The number of aryl methyl sites for hydroxylation is 1. The second-order valence-electron chi connectivity index (χ2n) is 7.17. The Kier molecular flexibility index (Phi) is 5.00. The zero-order chi connectivity index (χ0) is 22.3. The van der Waals surface area contributed by atoms with Crippen LogP contribution in [0.3, 0.4) is 0 Å². The highest BCUT2D eigenvalue weighted by Crippen LogP contribution is 2.41. The minimum absolute atomic E-state index is 0.0243. The number of fused-ring (bicyclic) bond motifs is 3. The summed E-state index contributed by atoms with van der Waals surface area (Å²) >= 11 is 0. The second-order valence-corrected chi connectivity index (χ2v) is 7.17. The molecule has 1 aromatic heterocycles. The molecule has 8 heteroatoms. The molecule has 0 aliphatic carbocycles. The molecule has 5 nitrogen and oxygen atoms in total. The molecule has 1 heterocycles. The molecule has 0 saturated carbocycles. The van der Waals surface area contributed by atoms with Crippen molar-refractivity contribution in [3.8, 4) is 11.5 Å². The first-order valence-corrected chi connectivity index (χ1v) is 9.35. The molecule has 0 atom stereocenters. The van der Waals surface area contributed by atoms with Crippen LogP contribution in [0.4, 0.5) is 18.0 Å². The number of benzene rings is 3. The summed E-state index contributed by atoms with van der Waals surface area (Å²) in [6, 6.07) is 13.5. The molecule has 0 saturated heterocycles. The number of ether oxygens (including phenoxy) is 2. The molecule has 31 heavy (non-hydrogen) atoms. The zero-order valence-electron chi connectivity index (χ0n) is 16.7. The van der Waals surface area contributed by atoms with E-state index < -0.39 is 17.9 Å². The van der Waals surface area contributed by atoms with Crippen molar-refractivity contribution >= 4 is 28.0 Å². The fraction of sp³-hybridized carbons (Fsp3) is 0.174. The van der Waals surface area contributed by atoms with Crippen LogP contribution >= 0.6 is 0 Å². The summed E-state index contributed by atoms with van der Waals surface area (Å²) in [4.78, 5) is 11.7. The maximum Gasteiger partial charge on any atom is 0.513 e. The summed E-state index contributed by atoms with van der Waals surface area (Å²) in [7, 11) is 1.18. The minimum atomic E-state index is -4.45. The molecular weight excluding hydrogens is 411 g/mol. The highest BCUT2D eigenvalue weighted by molar-refractivity contribution is 6.14. The third kappa shape index (κ3) is 3.76. The number of carbonyl (C=O) groups excluding carboxylic acids is 1. The van der Waals surface area contributed by atoms with Gasteiger partial charge in [0.05, 0.1) is 34.5 Å². The number of carbonyl (C=O) groups is 1. The Labute approximate surface area is 175 Å². The fourth-order valence-corrected chi connectivity index (χ4v) is 3.76. The summed E-state index contributed by atoms with van der Waals surface area (Å²) in [5.74, 6) is 0.153. The number of halogens is 3. The predicted molar refractivity (Wildman–Crippen MR) is 109 cm³/mol. The van der Waals surface area contributed by atoms with Crippen molar-refractivity contribution in [2.24, 2.45) is 0 Å². The van der Waals surface area contributed by atoms with Crippen molar-refractivity contribution in [3.05, 3.63) is 71.3 Å². The Balaban J connectivity index is 1.97. The average Bonchev–Trinajstić information content (AvgIpc) is 3.02.